The first-order valence-electron chi connectivity index (χ1n) is 18.8. The molecule has 1 aliphatic rings. The third kappa shape index (κ3) is 10.1. The van der Waals surface area contributed by atoms with E-state index in [1.54, 1.807) is 36.4 Å². The molecule has 2 unspecified atom stereocenters. The van der Waals surface area contributed by atoms with Crippen molar-refractivity contribution < 1.29 is 18.6 Å². The molecule has 0 radical (unpaired) electrons. The molecular weight excluding hydrogens is 719 g/mol. The maximum atomic E-state index is 13.2. The Kier molecular flexibility index (Phi) is 12.6. The van der Waals surface area contributed by atoms with Crippen LogP contribution in [0.1, 0.15) is 53.5 Å². The van der Waals surface area contributed by atoms with Gasteiger partial charge in [-0.05, 0) is 50.5 Å². The average molecular weight is 776 g/mol. The lowest BCUT2D eigenvalue weighted by molar-refractivity contribution is 0.0703. The molecule has 4 aromatic heterocycles. The van der Waals surface area contributed by atoms with E-state index in [4.69, 9.17) is 28.7 Å². The summed E-state index contributed by atoms with van der Waals surface area (Å²) < 4.78 is 30.0. The van der Waals surface area contributed by atoms with Gasteiger partial charge in [0.05, 0.1) is 36.3 Å². The number of anilines is 2. The van der Waals surface area contributed by atoms with Crippen molar-refractivity contribution in [2.45, 2.75) is 110 Å². The average Bonchev–Trinajstić information content (AvgIpc) is 3.69. The van der Waals surface area contributed by atoms with E-state index in [2.05, 4.69) is 74.9 Å². The molecule has 1 N–H and O–H groups in total. The zero-order valence-electron chi connectivity index (χ0n) is 33.8. The lowest BCUT2D eigenvalue weighted by Crippen LogP contribution is -2.41. The summed E-state index contributed by atoms with van der Waals surface area (Å²) in [6.07, 6.45) is 8.23. The predicted octanol–water partition coefficient (Wildman–Crippen LogP) is 7.62. The van der Waals surface area contributed by atoms with Crippen molar-refractivity contribution in [1.29, 1.82) is 5.26 Å². The largest absolute Gasteiger partial charge is 0.490 e. The van der Waals surface area contributed by atoms with Crippen LogP contribution in [-0.2, 0) is 22.9 Å². The fourth-order valence-corrected chi connectivity index (χ4v) is 7.27. The standard InChI is InChI=1S/C38H57N9O5Si2/c1-12-50-36-29(24-47(44-36)31-19-27(31)21-39)28-22-41-34(20-32(28)52-26(2)14-16-51-54(10,11)38(3,4)5)42-33-13-15-40-35(43-33)30-23-46(45(6)37(30)48)25-49-17-18-53(7,8)9/h13,15,20,22-24,26-27,31H,12,14,16-19,25H2,1-11H3,(H,40,41,42,43)/t26-,27?,31?/m0/s1. The van der Waals surface area contributed by atoms with Gasteiger partial charge in [0.1, 0.15) is 29.7 Å². The molecule has 1 aliphatic carbocycles. The van der Waals surface area contributed by atoms with Gasteiger partial charge in [0, 0.05) is 71.2 Å². The van der Waals surface area contributed by atoms with Crippen molar-refractivity contribution in [1.82, 2.24) is 34.1 Å². The Morgan fingerprint density at radius 2 is 1.83 bits per heavy atom. The molecule has 5 rings (SSSR count). The minimum absolute atomic E-state index is 0.0100. The zero-order valence-corrected chi connectivity index (χ0v) is 35.8. The van der Waals surface area contributed by atoms with Gasteiger partial charge < -0.3 is 24.0 Å². The van der Waals surface area contributed by atoms with Crippen LogP contribution in [0.15, 0.2) is 41.7 Å². The molecule has 4 aromatic rings. The molecule has 4 heterocycles. The Bertz CT molecular complexity index is 2010. The number of nitriles is 1. The van der Waals surface area contributed by atoms with Gasteiger partial charge in [-0.1, -0.05) is 40.4 Å². The van der Waals surface area contributed by atoms with Gasteiger partial charge in [-0.15, -0.1) is 5.10 Å². The van der Waals surface area contributed by atoms with E-state index in [0.29, 0.717) is 60.6 Å². The Morgan fingerprint density at radius 3 is 2.50 bits per heavy atom. The van der Waals surface area contributed by atoms with E-state index in [0.717, 1.165) is 18.0 Å². The van der Waals surface area contributed by atoms with Crippen LogP contribution in [-0.4, -0.2) is 76.4 Å². The molecule has 0 saturated heterocycles. The molecule has 0 bridgehead atoms. The maximum absolute atomic E-state index is 13.2. The minimum atomic E-state index is -1.92. The van der Waals surface area contributed by atoms with Gasteiger partial charge in [0.25, 0.3) is 5.56 Å². The van der Waals surface area contributed by atoms with E-state index in [1.165, 1.54) is 4.68 Å². The highest BCUT2D eigenvalue weighted by atomic mass is 28.4. The Hall–Kier alpha value is -4.31. The number of rotatable bonds is 18. The van der Waals surface area contributed by atoms with Crippen molar-refractivity contribution in [3.8, 4) is 40.2 Å². The smallest absolute Gasteiger partial charge is 0.277 e. The number of hydrogen-bond acceptors (Lipinski definition) is 11. The normalized spacial score (nSPS) is 16.6. The van der Waals surface area contributed by atoms with Crippen LogP contribution < -0.4 is 20.3 Å². The van der Waals surface area contributed by atoms with Gasteiger partial charge in [0.2, 0.25) is 5.88 Å². The van der Waals surface area contributed by atoms with Crippen molar-refractivity contribution in [2.24, 2.45) is 13.0 Å². The molecule has 0 aliphatic heterocycles. The monoisotopic (exact) mass is 775 g/mol. The molecule has 1 fully saturated rings. The van der Waals surface area contributed by atoms with E-state index >= 15 is 0 Å². The van der Waals surface area contributed by atoms with E-state index in [-0.39, 0.29) is 41.2 Å². The number of nitrogens with one attached hydrogen (secondary N) is 1. The molecular formula is C38H57N9O5Si2. The molecule has 0 aromatic carbocycles. The first-order chi connectivity index (χ1) is 25.4. The van der Waals surface area contributed by atoms with Crippen LogP contribution in [0.25, 0.3) is 22.5 Å². The number of pyridine rings is 1. The summed E-state index contributed by atoms with van der Waals surface area (Å²) in [4.78, 5) is 27.1. The number of hydrogen-bond donors (Lipinski definition) is 1. The summed E-state index contributed by atoms with van der Waals surface area (Å²) in [5.41, 5.74) is 1.59. The van der Waals surface area contributed by atoms with Crippen molar-refractivity contribution in [2.75, 3.05) is 25.1 Å². The molecule has 0 amide bonds. The summed E-state index contributed by atoms with van der Waals surface area (Å²) in [6.45, 7) is 24.0. The lowest BCUT2D eigenvalue weighted by atomic mass is 10.1. The summed E-state index contributed by atoms with van der Waals surface area (Å²) in [5.74, 6) is 2.20. The second kappa shape index (κ2) is 16.6. The van der Waals surface area contributed by atoms with Gasteiger partial charge in [0.15, 0.2) is 14.1 Å². The second-order valence-electron chi connectivity index (χ2n) is 16.7. The fraction of sp³-hybridized carbons (Fsp3) is 0.579. The number of aromatic nitrogens is 7. The summed E-state index contributed by atoms with van der Waals surface area (Å²) >= 11 is 0. The first kappa shape index (κ1) is 40.9. The molecule has 14 nitrogen and oxygen atoms in total. The van der Waals surface area contributed by atoms with Gasteiger partial charge in [-0.2, -0.15) is 5.26 Å². The van der Waals surface area contributed by atoms with Crippen LogP contribution in [0.4, 0.5) is 11.6 Å². The van der Waals surface area contributed by atoms with Crippen molar-refractivity contribution >= 4 is 28.0 Å². The van der Waals surface area contributed by atoms with Gasteiger partial charge in [-0.3, -0.25) is 18.8 Å². The highest BCUT2D eigenvalue weighted by molar-refractivity contribution is 6.76. The summed E-state index contributed by atoms with van der Waals surface area (Å²) in [5, 5.41) is 17.6. The van der Waals surface area contributed by atoms with E-state index in [1.807, 2.05) is 30.8 Å². The second-order valence-corrected chi connectivity index (χ2v) is 27.2. The molecule has 292 valence electrons. The lowest BCUT2D eigenvalue weighted by Gasteiger charge is -2.36. The first-order valence-corrected chi connectivity index (χ1v) is 25.4. The number of ether oxygens (including phenoxy) is 3. The van der Waals surface area contributed by atoms with Crippen LogP contribution in [0.2, 0.25) is 43.8 Å². The highest BCUT2D eigenvalue weighted by Crippen LogP contribution is 2.45. The van der Waals surface area contributed by atoms with Crippen LogP contribution in [0.3, 0.4) is 0 Å². The fourth-order valence-electron chi connectivity index (χ4n) is 5.45. The van der Waals surface area contributed by atoms with Crippen LogP contribution >= 0.6 is 0 Å². The van der Waals surface area contributed by atoms with Gasteiger partial charge in [-0.25, -0.2) is 15.0 Å². The Labute approximate surface area is 321 Å². The summed E-state index contributed by atoms with van der Waals surface area (Å²) in [7, 11) is -1.45. The molecule has 0 spiro atoms. The number of nitrogens with zero attached hydrogens (tertiary/aromatic N) is 8. The van der Waals surface area contributed by atoms with E-state index < -0.39 is 16.4 Å². The maximum Gasteiger partial charge on any atom is 0.277 e. The molecule has 54 heavy (non-hydrogen) atoms. The van der Waals surface area contributed by atoms with Crippen LogP contribution in [0.5, 0.6) is 11.6 Å². The molecule has 16 heteroatoms. The minimum Gasteiger partial charge on any atom is -0.490 e. The summed E-state index contributed by atoms with van der Waals surface area (Å²) in [6, 6.07) is 6.94. The highest BCUT2D eigenvalue weighted by Gasteiger charge is 2.41. The Balaban J connectivity index is 1.40. The predicted molar refractivity (Wildman–Crippen MR) is 215 cm³/mol. The Morgan fingerprint density at radius 1 is 1.07 bits per heavy atom. The SMILES string of the molecule is CCOc1nn(C2CC2C#N)cc1-c1cnc(Nc2ccnc(-c3cn(COCC[Si](C)(C)C)n(C)c3=O)n2)cc1O[C@@H](C)CCO[Si](C)(C)C(C)(C)C. The topological polar surface area (TPSA) is 156 Å². The third-order valence-corrected chi connectivity index (χ3v) is 16.3. The van der Waals surface area contributed by atoms with Crippen molar-refractivity contribution in [3.63, 3.8) is 0 Å². The zero-order chi connectivity index (χ0) is 39.4. The molecule has 1 saturated carbocycles. The van der Waals surface area contributed by atoms with Crippen molar-refractivity contribution in [3.05, 3.63) is 47.3 Å². The third-order valence-electron chi connectivity index (χ3n) is 10.1. The quantitative estimate of drug-likeness (QED) is 0.0784. The molecule has 3 atom stereocenters. The van der Waals surface area contributed by atoms with Gasteiger partial charge >= 0.3 is 0 Å². The van der Waals surface area contributed by atoms with Crippen LogP contribution in [0, 0.1) is 17.2 Å². The van der Waals surface area contributed by atoms with E-state index in [9.17, 15) is 10.1 Å².